The number of hydrogen-bond donors (Lipinski definition) is 1. The Hall–Kier alpha value is -2.93. The molecule has 5 rings (SSSR count). The van der Waals surface area contributed by atoms with Crippen molar-refractivity contribution in [3.8, 4) is 17.2 Å². The minimum absolute atomic E-state index is 0.338. The fraction of sp³-hybridized carbons (Fsp3) is 0.238. The van der Waals surface area contributed by atoms with Crippen LogP contribution in [0.25, 0.3) is 6.08 Å². The number of carbonyl (C=O) groups is 2. The Morgan fingerprint density at radius 2 is 1.86 bits per heavy atom. The van der Waals surface area contributed by atoms with Gasteiger partial charge in [-0.2, -0.15) is 0 Å². The number of hydrogen-bond acceptors (Lipinski definition) is 6. The van der Waals surface area contributed by atoms with Gasteiger partial charge in [0.05, 0.1) is 11.5 Å². The minimum atomic E-state index is -0.351. The highest BCUT2D eigenvalue weighted by Gasteiger charge is 2.30. The molecule has 2 aromatic rings. The molecule has 7 heteroatoms. The maximum Gasteiger partial charge on any atom is 0.290 e. The summed E-state index contributed by atoms with van der Waals surface area (Å²) in [6, 6.07) is 11.6. The van der Waals surface area contributed by atoms with E-state index in [1.807, 2.05) is 24.3 Å². The fourth-order valence-electron chi connectivity index (χ4n) is 3.53. The molecule has 1 unspecified atom stereocenters. The molecule has 1 aliphatic carbocycles. The Bertz CT molecular complexity index is 999. The van der Waals surface area contributed by atoms with Crippen LogP contribution in [0.3, 0.4) is 0 Å². The third-order valence-electron chi connectivity index (χ3n) is 4.98. The number of imide groups is 1. The van der Waals surface area contributed by atoms with Gasteiger partial charge in [-0.05, 0) is 65.2 Å². The maximum absolute atomic E-state index is 11.6. The Labute approximate surface area is 165 Å². The van der Waals surface area contributed by atoms with Gasteiger partial charge < -0.3 is 14.2 Å². The molecule has 142 valence electrons. The van der Waals surface area contributed by atoms with E-state index >= 15 is 0 Å². The van der Waals surface area contributed by atoms with E-state index in [0.29, 0.717) is 30.6 Å². The second-order valence-corrected chi connectivity index (χ2v) is 7.84. The lowest BCUT2D eigenvalue weighted by Gasteiger charge is -2.32. The number of nitrogens with one attached hydrogen (secondary N) is 1. The van der Waals surface area contributed by atoms with Gasteiger partial charge in [-0.1, -0.05) is 12.1 Å². The quantitative estimate of drug-likeness (QED) is 0.799. The number of fused-ring (bicyclic) bond motifs is 2. The van der Waals surface area contributed by atoms with Crippen molar-refractivity contribution in [3.63, 3.8) is 0 Å². The molecule has 0 saturated carbocycles. The van der Waals surface area contributed by atoms with E-state index < -0.39 is 0 Å². The highest BCUT2D eigenvalue weighted by molar-refractivity contribution is 8.18. The first-order chi connectivity index (χ1) is 13.7. The van der Waals surface area contributed by atoms with Crippen molar-refractivity contribution >= 4 is 29.0 Å². The molecular formula is C21H17NO5S. The Kier molecular flexibility index (Phi) is 4.24. The minimum Gasteiger partial charge on any atom is -0.493 e. The zero-order chi connectivity index (χ0) is 19.1. The third-order valence-corrected chi connectivity index (χ3v) is 5.79. The lowest BCUT2D eigenvalue weighted by atomic mass is 9.77. The molecule has 2 amide bonds. The fourth-order valence-corrected chi connectivity index (χ4v) is 4.21. The topological polar surface area (TPSA) is 73.9 Å². The third kappa shape index (κ3) is 3.22. The molecule has 1 atom stereocenters. The number of thioether (sulfide) groups is 1. The monoisotopic (exact) mass is 395 g/mol. The first-order valence-corrected chi connectivity index (χ1v) is 9.87. The van der Waals surface area contributed by atoms with Crippen LogP contribution in [-0.4, -0.2) is 31.0 Å². The summed E-state index contributed by atoms with van der Waals surface area (Å²) in [5, 5.41) is 1.91. The van der Waals surface area contributed by atoms with Crippen LogP contribution in [0.4, 0.5) is 4.79 Å². The molecule has 2 aromatic carbocycles. The first-order valence-electron chi connectivity index (χ1n) is 9.06. The molecule has 6 nitrogen and oxygen atoms in total. The van der Waals surface area contributed by atoms with Crippen LogP contribution in [0, 0.1) is 0 Å². The zero-order valence-corrected chi connectivity index (χ0v) is 15.7. The van der Waals surface area contributed by atoms with E-state index in [0.717, 1.165) is 41.0 Å². The summed E-state index contributed by atoms with van der Waals surface area (Å²) in [6.45, 7) is 1.79. The van der Waals surface area contributed by atoms with Crippen LogP contribution in [0.15, 0.2) is 41.3 Å². The largest absolute Gasteiger partial charge is 0.493 e. The van der Waals surface area contributed by atoms with E-state index in [4.69, 9.17) is 14.2 Å². The molecule has 28 heavy (non-hydrogen) atoms. The van der Waals surface area contributed by atoms with Gasteiger partial charge in [0.1, 0.15) is 19.0 Å². The molecule has 0 spiro atoms. The second-order valence-electron chi connectivity index (χ2n) is 6.83. The van der Waals surface area contributed by atoms with Gasteiger partial charge in [0, 0.05) is 5.92 Å². The van der Waals surface area contributed by atoms with E-state index in [-0.39, 0.29) is 11.1 Å². The number of ether oxygens (including phenoxy) is 3. The zero-order valence-electron chi connectivity index (χ0n) is 14.9. The summed E-state index contributed by atoms with van der Waals surface area (Å²) in [7, 11) is 0. The van der Waals surface area contributed by atoms with Crippen LogP contribution in [0.1, 0.15) is 22.6 Å². The number of amides is 2. The van der Waals surface area contributed by atoms with Crippen LogP contribution < -0.4 is 19.5 Å². The lowest BCUT2D eigenvalue weighted by molar-refractivity contribution is -0.115. The summed E-state index contributed by atoms with van der Waals surface area (Å²) in [5.41, 5.74) is 3.40. The van der Waals surface area contributed by atoms with Crippen molar-refractivity contribution in [2.75, 3.05) is 19.8 Å². The Morgan fingerprint density at radius 3 is 2.57 bits per heavy atom. The number of benzene rings is 2. The molecule has 2 aliphatic heterocycles. The van der Waals surface area contributed by atoms with Gasteiger partial charge in [0.15, 0.2) is 11.5 Å². The molecular weight excluding hydrogens is 378 g/mol. The van der Waals surface area contributed by atoms with Crippen molar-refractivity contribution in [1.82, 2.24) is 5.32 Å². The molecule has 2 heterocycles. The van der Waals surface area contributed by atoms with E-state index in [2.05, 4.69) is 17.4 Å². The second kappa shape index (κ2) is 6.91. The summed E-state index contributed by atoms with van der Waals surface area (Å²) in [4.78, 5) is 23.2. The highest BCUT2D eigenvalue weighted by Crippen LogP contribution is 2.43. The molecule has 0 radical (unpaired) electrons. The van der Waals surface area contributed by atoms with Crippen LogP contribution in [0.5, 0.6) is 17.2 Å². The SMILES string of the molecule is O=C1NC(=O)/C(=C/c2ccc(OCC3Cc4cc5c(cc43)OCCO5)cc2)S1. The average molecular weight is 395 g/mol. The summed E-state index contributed by atoms with van der Waals surface area (Å²) < 4.78 is 17.2. The molecule has 3 aliphatic rings. The normalized spacial score (nSPS) is 21.1. The average Bonchev–Trinajstić information content (AvgIpc) is 3.01. The number of rotatable bonds is 4. The standard InChI is InChI=1S/C21H17NO5S/c23-20-19(28-21(24)22-20)7-12-1-3-15(4-2-12)27-11-14-8-13-9-17-18(10-16(13)14)26-6-5-25-17/h1-4,7,9-10,14H,5-6,8,11H2,(H,22,23,24)/b19-7-. The molecule has 1 fully saturated rings. The Morgan fingerprint density at radius 1 is 1.11 bits per heavy atom. The smallest absolute Gasteiger partial charge is 0.290 e. The van der Waals surface area contributed by atoms with Crippen molar-refractivity contribution in [3.05, 3.63) is 58.0 Å². The Balaban J connectivity index is 1.22. The molecule has 0 aromatic heterocycles. The van der Waals surface area contributed by atoms with Crippen molar-refractivity contribution in [2.45, 2.75) is 12.3 Å². The van der Waals surface area contributed by atoms with E-state index in [1.54, 1.807) is 6.08 Å². The number of carbonyl (C=O) groups excluding carboxylic acids is 2. The van der Waals surface area contributed by atoms with Gasteiger partial charge in [0.2, 0.25) is 0 Å². The van der Waals surface area contributed by atoms with Gasteiger partial charge in [-0.15, -0.1) is 0 Å². The van der Waals surface area contributed by atoms with Crippen molar-refractivity contribution in [2.24, 2.45) is 0 Å². The van der Waals surface area contributed by atoms with Gasteiger partial charge in [-0.3, -0.25) is 14.9 Å². The molecule has 1 saturated heterocycles. The van der Waals surface area contributed by atoms with Gasteiger partial charge >= 0.3 is 0 Å². The first kappa shape index (κ1) is 17.2. The van der Waals surface area contributed by atoms with Crippen LogP contribution >= 0.6 is 11.8 Å². The predicted octanol–water partition coefficient (Wildman–Crippen LogP) is 3.50. The van der Waals surface area contributed by atoms with Crippen LogP contribution in [-0.2, 0) is 11.2 Å². The van der Waals surface area contributed by atoms with Crippen molar-refractivity contribution < 1.29 is 23.8 Å². The van der Waals surface area contributed by atoms with Gasteiger partial charge in [0.25, 0.3) is 11.1 Å². The van der Waals surface area contributed by atoms with E-state index in [9.17, 15) is 9.59 Å². The molecule has 0 bridgehead atoms. The highest BCUT2D eigenvalue weighted by atomic mass is 32.2. The van der Waals surface area contributed by atoms with E-state index in [1.165, 1.54) is 11.1 Å². The maximum atomic E-state index is 11.6. The summed E-state index contributed by atoms with van der Waals surface area (Å²) in [5.74, 6) is 2.42. The molecule has 1 N–H and O–H groups in total. The lowest BCUT2D eigenvalue weighted by Crippen LogP contribution is -2.25. The predicted molar refractivity (Wildman–Crippen MR) is 105 cm³/mol. The van der Waals surface area contributed by atoms with Gasteiger partial charge in [-0.25, -0.2) is 0 Å². The van der Waals surface area contributed by atoms with Crippen molar-refractivity contribution in [1.29, 1.82) is 0 Å². The summed E-state index contributed by atoms with van der Waals surface area (Å²) in [6.07, 6.45) is 2.67. The summed E-state index contributed by atoms with van der Waals surface area (Å²) >= 11 is 0.912. The van der Waals surface area contributed by atoms with Crippen LogP contribution in [0.2, 0.25) is 0 Å².